The van der Waals surface area contributed by atoms with Gasteiger partial charge in [-0.15, -0.1) is 0 Å². The van der Waals surface area contributed by atoms with E-state index in [1.54, 1.807) is 57.5 Å². The molecule has 37 heavy (non-hydrogen) atoms. The first-order chi connectivity index (χ1) is 17.8. The Hall–Kier alpha value is -3.54. The maximum atomic E-state index is 13.7. The largest absolute Gasteiger partial charge is 0.493 e. The molecule has 0 atom stereocenters. The molecular weight excluding hydrogens is 512 g/mol. The molecule has 0 bridgehead atoms. The number of fused-ring (bicyclic) bond motifs is 1. The molecule has 4 rings (SSSR count). The second kappa shape index (κ2) is 11.2. The van der Waals surface area contributed by atoms with E-state index in [4.69, 9.17) is 14.5 Å². The van der Waals surface area contributed by atoms with Crippen LogP contribution in [0.5, 0.6) is 11.5 Å². The summed E-state index contributed by atoms with van der Waals surface area (Å²) in [5.41, 5.74) is 1.84. The Morgan fingerprint density at radius 2 is 1.68 bits per heavy atom. The topological polar surface area (TPSA) is 102 Å². The van der Waals surface area contributed by atoms with Crippen molar-refractivity contribution < 1.29 is 22.7 Å². The molecule has 0 aliphatic carbocycles. The van der Waals surface area contributed by atoms with Crippen molar-refractivity contribution in [3.63, 3.8) is 0 Å². The average Bonchev–Trinajstić information content (AvgIpc) is 3.34. The number of aromatic nitrogens is 2. The monoisotopic (exact) mass is 540 g/mol. The molecule has 2 heterocycles. The Morgan fingerprint density at radius 1 is 1.00 bits per heavy atom. The fourth-order valence-corrected chi connectivity index (χ4v) is 6.33. The van der Waals surface area contributed by atoms with Crippen LogP contribution >= 0.6 is 11.3 Å². The number of rotatable bonds is 10. The molecule has 0 N–H and O–H groups in total. The summed E-state index contributed by atoms with van der Waals surface area (Å²) in [7, 11) is -0.511. The fourth-order valence-electron chi connectivity index (χ4n) is 3.90. The van der Waals surface area contributed by atoms with Gasteiger partial charge in [0.1, 0.15) is 0 Å². The second-order valence-electron chi connectivity index (χ2n) is 8.04. The van der Waals surface area contributed by atoms with Crippen LogP contribution in [-0.2, 0) is 16.6 Å². The Bertz CT molecular complexity index is 1440. The Kier molecular flexibility index (Phi) is 8.06. The third-order valence-corrected chi connectivity index (χ3v) is 8.97. The van der Waals surface area contributed by atoms with Crippen LogP contribution < -0.4 is 14.4 Å². The molecule has 0 saturated heterocycles. The van der Waals surface area contributed by atoms with E-state index >= 15 is 0 Å². The van der Waals surface area contributed by atoms with Crippen LogP contribution in [-0.4, -0.2) is 55.9 Å². The molecule has 9 nitrogen and oxygen atoms in total. The van der Waals surface area contributed by atoms with E-state index in [9.17, 15) is 13.2 Å². The third-order valence-electron chi connectivity index (χ3n) is 5.87. The minimum absolute atomic E-state index is 0.144. The van der Waals surface area contributed by atoms with Gasteiger partial charge in [0.15, 0.2) is 16.6 Å². The number of nitrogens with zero attached hydrogens (tertiary/aromatic N) is 4. The molecule has 0 fully saturated rings. The van der Waals surface area contributed by atoms with Gasteiger partial charge in [0.2, 0.25) is 10.0 Å². The number of sulfonamides is 1. The average molecular weight is 541 g/mol. The molecule has 0 unspecified atom stereocenters. The highest BCUT2D eigenvalue weighted by atomic mass is 32.2. The van der Waals surface area contributed by atoms with Gasteiger partial charge in [-0.1, -0.05) is 31.3 Å². The zero-order valence-corrected chi connectivity index (χ0v) is 22.7. The number of benzene rings is 2. The maximum Gasteiger partial charge on any atom is 0.260 e. The zero-order valence-electron chi connectivity index (χ0n) is 21.0. The summed E-state index contributed by atoms with van der Waals surface area (Å²) in [6.07, 6.45) is 3.36. The summed E-state index contributed by atoms with van der Waals surface area (Å²) in [5, 5.41) is 0.485. The van der Waals surface area contributed by atoms with Crippen molar-refractivity contribution in [2.24, 2.45) is 0 Å². The number of ether oxygens (including phenoxy) is 2. The van der Waals surface area contributed by atoms with Gasteiger partial charge in [0, 0.05) is 43.2 Å². The predicted molar refractivity (Wildman–Crippen MR) is 144 cm³/mol. The van der Waals surface area contributed by atoms with Crippen LogP contribution in [0.15, 0.2) is 65.8 Å². The quantitative estimate of drug-likeness (QED) is 0.290. The Morgan fingerprint density at radius 3 is 2.27 bits per heavy atom. The van der Waals surface area contributed by atoms with Gasteiger partial charge >= 0.3 is 0 Å². The second-order valence-corrected chi connectivity index (χ2v) is 11.0. The van der Waals surface area contributed by atoms with Gasteiger partial charge in [-0.05, 0) is 35.9 Å². The highest BCUT2D eigenvalue weighted by Crippen LogP contribution is 2.38. The molecule has 4 aromatic rings. The van der Waals surface area contributed by atoms with Crippen molar-refractivity contribution in [1.82, 2.24) is 14.3 Å². The minimum atomic E-state index is -3.63. The van der Waals surface area contributed by atoms with Crippen LogP contribution in [0.1, 0.15) is 29.8 Å². The number of anilines is 1. The molecule has 0 radical (unpaired) electrons. The zero-order chi connectivity index (χ0) is 26.6. The van der Waals surface area contributed by atoms with Crippen molar-refractivity contribution in [3.8, 4) is 11.5 Å². The number of methoxy groups -OCH3 is 2. The van der Waals surface area contributed by atoms with Crippen LogP contribution in [0, 0.1) is 0 Å². The predicted octanol–water partition coefficient (Wildman–Crippen LogP) is 4.59. The molecule has 1 amide bonds. The number of amides is 1. The fraction of sp³-hybridized carbons (Fsp3) is 0.269. The first-order valence-corrected chi connectivity index (χ1v) is 13.9. The van der Waals surface area contributed by atoms with Crippen molar-refractivity contribution in [2.45, 2.75) is 25.3 Å². The highest BCUT2D eigenvalue weighted by molar-refractivity contribution is 7.89. The molecule has 194 valence electrons. The molecule has 11 heteroatoms. The van der Waals surface area contributed by atoms with Crippen molar-refractivity contribution in [2.75, 3.05) is 32.2 Å². The summed E-state index contributed by atoms with van der Waals surface area (Å²) in [6.45, 7) is 4.55. The van der Waals surface area contributed by atoms with Crippen LogP contribution in [0.4, 0.5) is 5.13 Å². The minimum Gasteiger partial charge on any atom is -0.493 e. The lowest BCUT2D eigenvalue weighted by atomic mass is 10.2. The Labute approximate surface area is 220 Å². The van der Waals surface area contributed by atoms with E-state index in [0.717, 1.165) is 10.3 Å². The molecule has 2 aromatic carbocycles. The van der Waals surface area contributed by atoms with E-state index in [1.807, 2.05) is 12.1 Å². The van der Waals surface area contributed by atoms with Gasteiger partial charge in [0.25, 0.3) is 5.91 Å². The highest BCUT2D eigenvalue weighted by Gasteiger charge is 2.25. The van der Waals surface area contributed by atoms with Gasteiger partial charge in [-0.3, -0.25) is 14.7 Å². The summed E-state index contributed by atoms with van der Waals surface area (Å²) >= 11 is 1.35. The van der Waals surface area contributed by atoms with Gasteiger partial charge in [0.05, 0.1) is 35.9 Å². The van der Waals surface area contributed by atoms with Crippen LogP contribution in [0.3, 0.4) is 0 Å². The van der Waals surface area contributed by atoms with E-state index in [1.165, 1.54) is 39.9 Å². The van der Waals surface area contributed by atoms with Gasteiger partial charge in [-0.25, -0.2) is 13.4 Å². The SMILES string of the molecule is CCN(CC)S(=O)(=O)c1ccc(C(=O)N(Cc2cccnc2)c2nc3cc(OC)c(OC)cc3s2)cc1. The lowest BCUT2D eigenvalue weighted by Gasteiger charge is -2.21. The molecule has 2 aromatic heterocycles. The molecule has 0 spiro atoms. The number of hydrogen-bond acceptors (Lipinski definition) is 8. The molecule has 0 aliphatic rings. The Balaban J connectivity index is 1.73. The number of pyridine rings is 1. The smallest absolute Gasteiger partial charge is 0.260 e. The normalized spacial score (nSPS) is 11.6. The summed E-state index contributed by atoms with van der Waals surface area (Å²) in [6, 6.07) is 13.3. The van der Waals surface area contributed by atoms with Gasteiger partial charge in [-0.2, -0.15) is 4.31 Å². The van der Waals surface area contributed by atoms with E-state index in [0.29, 0.717) is 40.8 Å². The number of carbonyl (C=O) groups is 1. The van der Waals surface area contributed by atoms with E-state index < -0.39 is 10.0 Å². The third kappa shape index (κ3) is 5.43. The lowest BCUT2D eigenvalue weighted by Crippen LogP contribution is -2.31. The summed E-state index contributed by atoms with van der Waals surface area (Å²) in [4.78, 5) is 24.3. The lowest BCUT2D eigenvalue weighted by molar-refractivity contribution is 0.0985. The molecule has 0 aliphatic heterocycles. The maximum absolute atomic E-state index is 13.7. The van der Waals surface area contributed by atoms with E-state index in [2.05, 4.69) is 4.98 Å². The molecule has 0 saturated carbocycles. The first-order valence-electron chi connectivity index (χ1n) is 11.7. The van der Waals surface area contributed by atoms with Crippen molar-refractivity contribution in [1.29, 1.82) is 0 Å². The standard InChI is InChI=1S/C26H28N4O5S2/c1-5-29(6-2)37(32,33)20-11-9-19(10-12-20)25(31)30(17-18-8-7-13-27-16-18)26-28-21-14-22(34-3)23(35-4)15-24(21)36-26/h7-16H,5-6,17H2,1-4H3. The summed E-state index contributed by atoms with van der Waals surface area (Å²) in [5.74, 6) is 0.802. The van der Waals surface area contributed by atoms with Crippen LogP contribution in [0.25, 0.3) is 10.2 Å². The first kappa shape index (κ1) is 26.5. The van der Waals surface area contributed by atoms with Gasteiger partial charge < -0.3 is 9.47 Å². The summed E-state index contributed by atoms with van der Waals surface area (Å²) < 4.78 is 38.8. The van der Waals surface area contributed by atoms with E-state index in [-0.39, 0.29) is 17.3 Å². The number of hydrogen-bond donors (Lipinski definition) is 0. The van der Waals surface area contributed by atoms with Crippen molar-refractivity contribution in [3.05, 3.63) is 72.1 Å². The van der Waals surface area contributed by atoms with Crippen molar-refractivity contribution >= 4 is 42.6 Å². The molecular formula is C26H28N4O5S2. The number of thiazole rings is 1. The number of carbonyl (C=O) groups excluding carboxylic acids is 1. The van der Waals surface area contributed by atoms with Crippen LogP contribution in [0.2, 0.25) is 0 Å².